The smallest absolute Gasteiger partial charge is 0.246 e. The quantitative estimate of drug-likeness (QED) is 0.0138. The van der Waals surface area contributed by atoms with Crippen LogP contribution in [-0.4, -0.2) is 265 Å². The van der Waals surface area contributed by atoms with Gasteiger partial charge >= 0.3 is 0 Å². The third kappa shape index (κ3) is 29.1. The molecule has 14 amide bonds. The number of carbonyl (C=O) groups excluding carboxylic acids is 14. The zero-order valence-electron chi connectivity index (χ0n) is 85.9. The number of hydrogen-bond donors (Lipinski definition) is 24. The van der Waals surface area contributed by atoms with Crippen LogP contribution >= 0.6 is 0 Å². The highest BCUT2D eigenvalue weighted by atomic mass is 16.2. The lowest BCUT2D eigenvalue weighted by Gasteiger charge is -2.32. The second-order valence-electron chi connectivity index (χ2n) is 40.8. The molecule has 4 aliphatic rings. The van der Waals surface area contributed by atoms with Crippen molar-refractivity contribution >= 4 is 149 Å². The zero-order chi connectivity index (χ0) is 107. The Bertz CT molecular complexity index is 6430. The number of aromatic amines is 5. The number of fused-ring (bicyclic) bond motifs is 5. The van der Waals surface area contributed by atoms with E-state index in [4.69, 9.17) is 33.8 Å². The molecule has 41 nitrogen and oxygen atoms in total. The van der Waals surface area contributed by atoms with Gasteiger partial charge in [0.25, 0.3) is 0 Å². The molecular formula is C109H147N27O14. The van der Waals surface area contributed by atoms with Gasteiger partial charge in [0.1, 0.15) is 78.5 Å². The Morgan fingerprint density at radius 3 is 1.03 bits per heavy atom. The minimum absolute atomic E-state index is 0.00102. The van der Waals surface area contributed by atoms with Gasteiger partial charge < -0.3 is 132 Å². The molecule has 3 aliphatic heterocycles. The van der Waals surface area contributed by atoms with E-state index >= 15 is 47.9 Å². The Labute approximate surface area is 871 Å². The lowest BCUT2D eigenvalue weighted by atomic mass is 9.89. The summed E-state index contributed by atoms with van der Waals surface area (Å²) >= 11 is 0. The summed E-state index contributed by atoms with van der Waals surface area (Å²) in [5.74, 6) is -10.3. The Hall–Kier alpha value is -15.2. The maximum atomic E-state index is 16.2. The zero-order valence-corrected chi connectivity index (χ0v) is 85.9. The van der Waals surface area contributed by atoms with E-state index in [-0.39, 0.29) is 165 Å². The molecule has 28 N–H and O–H groups in total. The first kappa shape index (κ1) is 111. The molecular weight excluding hydrogens is 1910 g/mol. The molecule has 14 rings (SSSR count). The van der Waals surface area contributed by atoms with E-state index in [2.05, 4.69) is 94.0 Å². The number of primary amides is 1. The van der Waals surface area contributed by atoms with Crippen LogP contribution in [0.5, 0.6) is 0 Å². The number of unbranched alkanes of at least 4 members (excludes halogenated alkanes) is 1. The number of benzene rings is 5. The summed E-state index contributed by atoms with van der Waals surface area (Å²) in [7, 11) is 0. The Kier molecular flexibility index (Phi) is 39.1. The molecule has 0 bridgehead atoms. The Morgan fingerprint density at radius 1 is 0.367 bits per heavy atom. The summed E-state index contributed by atoms with van der Waals surface area (Å²) in [6.07, 6.45) is 16.9. The summed E-state index contributed by atoms with van der Waals surface area (Å²) in [5.41, 5.74) is 29.7. The van der Waals surface area contributed by atoms with E-state index < -0.39 is 155 Å². The van der Waals surface area contributed by atoms with Crippen LogP contribution in [0.3, 0.4) is 0 Å². The molecule has 150 heavy (non-hydrogen) atoms. The highest BCUT2D eigenvalue weighted by Crippen LogP contribution is 2.32. The summed E-state index contributed by atoms with van der Waals surface area (Å²) in [6, 6.07) is 20.0. The highest BCUT2D eigenvalue weighted by molar-refractivity contribution is 6.03. The molecule has 5 aromatic heterocycles. The molecule has 41 heteroatoms. The van der Waals surface area contributed by atoms with Crippen LogP contribution in [0.2, 0.25) is 0 Å². The van der Waals surface area contributed by atoms with Crippen molar-refractivity contribution in [1.82, 2.24) is 109 Å². The first-order valence-electron chi connectivity index (χ1n) is 52.9. The predicted molar refractivity (Wildman–Crippen MR) is 572 cm³/mol. The third-order valence-electron chi connectivity index (χ3n) is 29.6. The Morgan fingerprint density at radius 2 is 0.687 bits per heavy atom. The predicted octanol–water partition coefficient (Wildman–Crippen LogP) is 4.83. The van der Waals surface area contributed by atoms with Gasteiger partial charge in [0, 0.05) is 150 Å². The summed E-state index contributed by atoms with van der Waals surface area (Å²) in [5, 5.41) is 57.1. The van der Waals surface area contributed by atoms with Gasteiger partial charge in [0.2, 0.25) is 82.7 Å². The average Bonchev–Trinajstić information content (AvgIpc) is 1.64. The van der Waals surface area contributed by atoms with Gasteiger partial charge in [-0.15, -0.1) is 0 Å². The summed E-state index contributed by atoms with van der Waals surface area (Å²) in [4.78, 5) is 233. The van der Waals surface area contributed by atoms with Gasteiger partial charge in [-0.25, -0.2) is 0 Å². The van der Waals surface area contributed by atoms with Crippen molar-refractivity contribution < 1.29 is 67.1 Å². The Balaban J connectivity index is 0.717. The SMILES string of the molecule is CC[C@H](C)[C@H](NC(=O)CNCC1CCCCC1)C(=O)N[C@@H](CC(C)C)C(=O)N1CCC[C@H]1C(=O)N[C@@H](Cc1c[nH]c2ccccc12)C(=O)N[C@@H](CCCCN)C(=O)N[C@@H](Cc1c[nH]c2ccccc12)C(=O)N1CCC[C@H]1C(=O)N[C@@H](Cc1c[nH]c2ccccc12)C(=O)N[C@@H](Cc1c[nH]c2ccccc12)C(=O)N1CCC[C@H]1C(=O)N[C@@H](Cc1c[nH]c2ccccc12)C(=O)N[C@@H](CCCNC(=N)N)C(=O)N[C@@H](CCCNC(=N)N)C(N)=O. The fourth-order valence-corrected chi connectivity index (χ4v) is 21.3. The molecule has 10 aromatic rings. The monoisotopic (exact) mass is 2060 g/mol. The molecule has 5 aromatic carbocycles. The first-order chi connectivity index (χ1) is 72.4. The maximum Gasteiger partial charge on any atom is 0.246 e. The standard InChI is InChI=1S/C109H147N27O14/c1-5-64(4)94(133-93(137)62-116-56-65-26-7-6-8-27-65)104(147)132-87(50-63(2)3)105(148)134-47-23-41-90(134)101(144)127-84(51-66-57-119-76-33-14-9-28-71(66)76)98(141)125-82(38-19-20-44-110)97(140)130-88(54-69-60-122-79-36-17-12-31-74(69)79)106(149)135-48-24-43-92(135)103(146)129-86(53-68-59-121-78-35-16-11-30-73(68)78)100(143)131-89(55-70-61-123-80-37-18-13-32-75(70)80)107(150)136-49-25-42-91(136)102(145)128-85(52-67-58-120-77-34-15-10-29-72(67)77)99(142)126-83(40-22-46-118-109(114)115)96(139)124-81(95(111)138)39-21-45-117-108(112)113/h9-18,28-37,57-61,63-65,81-92,94,116,119-123H,5-8,19-27,38-56,62,110H2,1-4H3,(H2,111,138)(H,124,139)(H,125,141)(H,126,142)(H,127,144)(H,128,145)(H,129,146)(H,130,140)(H,131,143)(H,132,147)(H,133,137)(H4,112,113,117)(H4,114,115,118)/t64-,81-,82-,83-,84-,85-,86-,87-,88-,89-,90-,91-,92-,94-/m0/s1. The van der Waals surface area contributed by atoms with Crippen LogP contribution in [0.25, 0.3) is 54.5 Å². The van der Waals surface area contributed by atoms with Gasteiger partial charge in [-0.2, -0.15) is 0 Å². The number of amides is 14. The van der Waals surface area contributed by atoms with Crippen molar-refractivity contribution in [2.24, 2.45) is 40.7 Å². The van der Waals surface area contributed by atoms with Gasteiger partial charge in [0.15, 0.2) is 11.9 Å². The molecule has 1 aliphatic carbocycles. The van der Waals surface area contributed by atoms with Gasteiger partial charge in [-0.05, 0) is 192 Å². The highest BCUT2D eigenvalue weighted by Gasteiger charge is 2.46. The number of likely N-dealkylation sites (tertiary alicyclic amines) is 3. The van der Waals surface area contributed by atoms with Crippen LogP contribution in [-0.2, 0) is 99.2 Å². The number of aromatic nitrogens is 5. The molecule has 0 radical (unpaired) electrons. The third-order valence-corrected chi connectivity index (χ3v) is 29.6. The van der Waals surface area contributed by atoms with Gasteiger partial charge in [0.05, 0.1) is 6.54 Å². The number of hydrogen-bond acceptors (Lipinski definition) is 18. The molecule has 0 spiro atoms. The number of nitrogens with one attached hydrogen (secondary N) is 20. The summed E-state index contributed by atoms with van der Waals surface area (Å²) in [6.45, 7) is 9.02. The number of H-pyrrole nitrogens is 5. The number of nitrogens with zero attached hydrogens (tertiary/aromatic N) is 3. The van der Waals surface area contributed by atoms with E-state index in [9.17, 15) is 19.2 Å². The lowest BCUT2D eigenvalue weighted by molar-refractivity contribution is -0.143. The fraction of sp³-hybridized carbons (Fsp3) is 0.486. The van der Waals surface area contributed by atoms with E-state index in [0.29, 0.717) is 95.2 Å². The molecule has 8 heterocycles. The number of guanidine groups is 2. The van der Waals surface area contributed by atoms with Gasteiger partial charge in [-0.3, -0.25) is 77.9 Å². The van der Waals surface area contributed by atoms with E-state index in [1.54, 1.807) is 31.0 Å². The largest absolute Gasteiger partial charge is 0.370 e. The van der Waals surface area contributed by atoms with Crippen molar-refractivity contribution in [1.29, 1.82) is 10.8 Å². The molecule has 1 saturated carbocycles. The number of rotatable bonds is 53. The van der Waals surface area contributed by atoms with Crippen molar-refractivity contribution in [3.63, 3.8) is 0 Å². The van der Waals surface area contributed by atoms with E-state index in [0.717, 1.165) is 63.8 Å². The molecule has 3 saturated heterocycles. The van der Waals surface area contributed by atoms with Crippen molar-refractivity contribution in [3.05, 3.63) is 180 Å². The van der Waals surface area contributed by atoms with Crippen molar-refractivity contribution in [3.8, 4) is 0 Å². The van der Waals surface area contributed by atoms with Crippen LogP contribution in [0.4, 0.5) is 0 Å². The average molecular weight is 2060 g/mol. The van der Waals surface area contributed by atoms with Gasteiger partial charge in [-0.1, -0.05) is 144 Å². The lowest BCUT2D eigenvalue weighted by Crippen LogP contribution is -2.61. The molecule has 4 fully saturated rings. The van der Waals surface area contributed by atoms with Crippen LogP contribution < -0.4 is 92.1 Å². The second kappa shape index (κ2) is 53.1. The topological polar surface area (TPSA) is 636 Å². The van der Waals surface area contributed by atoms with E-state index in [1.165, 1.54) is 21.1 Å². The fourth-order valence-electron chi connectivity index (χ4n) is 21.3. The maximum absolute atomic E-state index is 16.2. The van der Waals surface area contributed by atoms with E-state index in [1.807, 2.05) is 149 Å². The summed E-state index contributed by atoms with van der Waals surface area (Å²) < 4.78 is 0. The molecule has 802 valence electrons. The first-order valence-corrected chi connectivity index (χ1v) is 52.9. The van der Waals surface area contributed by atoms with Crippen molar-refractivity contribution in [2.75, 3.05) is 52.4 Å². The van der Waals surface area contributed by atoms with Crippen LogP contribution in [0, 0.1) is 28.6 Å². The minimum atomic E-state index is -1.49. The minimum Gasteiger partial charge on any atom is -0.370 e. The number of nitrogens with two attached hydrogens (primary N) is 4. The van der Waals surface area contributed by atoms with Crippen LogP contribution in [0.1, 0.15) is 184 Å². The number of carbonyl (C=O) groups is 14. The van der Waals surface area contributed by atoms with Crippen molar-refractivity contribution in [2.45, 2.75) is 267 Å². The number of para-hydroxylation sites is 5. The molecule has 14 atom stereocenters. The van der Waals surface area contributed by atoms with Crippen LogP contribution in [0.15, 0.2) is 152 Å². The normalized spacial score (nSPS) is 17.5. The molecule has 0 unspecified atom stereocenters. The second-order valence-corrected chi connectivity index (χ2v) is 40.8.